The molecule has 6 nitrogen and oxygen atoms in total. The fraction of sp³-hybridized carbons (Fsp3) is 0.222. The number of hydrogen-bond acceptors (Lipinski definition) is 4. The number of benzene rings is 2. The summed E-state index contributed by atoms with van der Waals surface area (Å²) < 4.78 is 13.3. The van der Waals surface area contributed by atoms with Crippen molar-refractivity contribution in [2.45, 2.75) is 25.9 Å². The number of amides is 1. The van der Waals surface area contributed by atoms with E-state index < -0.39 is 0 Å². The summed E-state index contributed by atoms with van der Waals surface area (Å²) >= 11 is 0. The second-order valence-electron chi connectivity index (χ2n) is 6.10. The number of anilines is 1. The molecule has 2 heterocycles. The van der Waals surface area contributed by atoms with Crippen LogP contribution in [0.2, 0.25) is 0 Å². The SMILES string of the molecule is C[C@H]1Cc2ccccc2N1C(=O)Cn1nnc(-c2cccc(F)c2)n1. The average molecular weight is 337 g/mol. The largest absolute Gasteiger partial charge is 0.307 e. The van der Waals surface area contributed by atoms with Crippen LogP contribution in [0.1, 0.15) is 12.5 Å². The highest BCUT2D eigenvalue weighted by Gasteiger charge is 2.30. The van der Waals surface area contributed by atoms with Gasteiger partial charge in [0.15, 0.2) is 0 Å². The number of hydrogen-bond donors (Lipinski definition) is 0. The Labute approximate surface area is 143 Å². The molecule has 126 valence electrons. The summed E-state index contributed by atoms with van der Waals surface area (Å²) in [5, 5.41) is 12.0. The fourth-order valence-electron chi connectivity index (χ4n) is 3.20. The highest BCUT2D eigenvalue weighted by molar-refractivity contribution is 5.95. The van der Waals surface area contributed by atoms with Crippen molar-refractivity contribution in [1.82, 2.24) is 20.2 Å². The topological polar surface area (TPSA) is 63.9 Å². The van der Waals surface area contributed by atoms with Crippen molar-refractivity contribution in [3.63, 3.8) is 0 Å². The molecule has 0 aliphatic carbocycles. The first-order valence-corrected chi connectivity index (χ1v) is 8.05. The fourth-order valence-corrected chi connectivity index (χ4v) is 3.20. The smallest absolute Gasteiger partial charge is 0.250 e. The first-order chi connectivity index (χ1) is 12.1. The number of halogens is 1. The Morgan fingerprint density at radius 1 is 1.24 bits per heavy atom. The van der Waals surface area contributed by atoms with Gasteiger partial charge >= 0.3 is 0 Å². The molecule has 1 aliphatic heterocycles. The van der Waals surface area contributed by atoms with Gasteiger partial charge in [0.1, 0.15) is 12.4 Å². The molecule has 0 spiro atoms. The number of aromatic nitrogens is 4. The van der Waals surface area contributed by atoms with Gasteiger partial charge in [-0.15, -0.1) is 10.2 Å². The molecule has 0 fully saturated rings. The standard InChI is InChI=1S/C18H16FN5O/c1-12-9-13-5-2-3-8-16(13)24(12)17(25)11-23-21-18(20-22-23)14-6-4-7-15(19)10-14/h2-8,10,12H,9,11H2,1H3/t12-/m0/s1. The second-order valence-corrected chi connectivity index (χ2v) is 6.10. The lowest BCUT2D eigenvalue weighted by molar-refractivity contribution is -0.119. The van der Waals surface area contributed by atoms with Gasteiger partial charge in [0.05, 0.1) is 0 Å². The number of carbonyl (C=O) groups is 1. The van der Waals surface area contributed by atoms with Crippen LogP contribution in [-0.2, 0) is 17.8 Å². The van der Waals surface area contributed by atoms with Crippen molar-refractivity contribution >= 4 is 11.6 Å². The quantitative estimate of drug-likeness (QED) is 0.736. The van der Waals surface area contributed by atoms with Gasteiger partial charge in [0.2, 0.25) is 5.82 Å². The number of nitrogens with zero attached hydrogens (tertiary/aromatic N) is 5. The first-order valence-electron chi connectivity index (χ1n) is 8.05. The predicted octanol–water partition coefficient (Wildman–Crippen LogP) is 2.46. The summed E-state index contributed by atoms with van der Waals surface area (Å²) in [6, 6.07) is 13.9. The molecule has 1 atom stereocenters. The van der Waals surface area contributed by atoms with E-state index in [1.165, 1.54) is 16.9 Å². The summed E-state index contributed by atoms with van der Waals surface area (Å²) in [6.45, 7) is 2.01. The van der Waals surface area contributed by atoms with Crippen molar-refractivity contribution < 1.29 is 9.18 Å². The van der Waals surface area contributed by atoms with Gasteiger partial charge in [0.25, 0.3) is 5.91 Å². The third kappa shape index (κ3) is 2.88. The van der Waals surface area contributed by atoms with E-state index in [2.05, 4.69) is 15.4 Å². The molecule has 0 N–H and O–H groups in total. The van der Waals surface area contributed by atoms with Crippen LogP contribution in [0.25, 0.3) is 11.4 Å². The Bertz CT molecular complexity index is 938. The van der Waals surface area contributed by atoms with Crippen LogP contribution in [0.3, 0.4) is 0 Å². The Morgan fingerprint density at radius 3 is 2.92 bits per heavy atom. The minimum Gasteiger partial charge on any atom is -0.307 e. The molecule has 4 rings (SSSR count). The Morgan fingerprint density at radius 2 is 2.08 bits per heavy atom. The Kier molecular flexibility index (Phi) is 3.76. The van der Waals surface area contributed by atoms with E-state index >= 15 is 0 Å². The number of tetrazole rings is 1. The molecular formula is C18H16FN5O. The maximum absolute atomic E-state index is 13.3. The van der Waals surface area contributed by atoms with Crippen LogP contribution in [0.5, 0.6) is 0 Å². The third-order valence-corrected chi connectivity index (χ3v) is 4.29. The predicted molar refractivity (Wildman–Crippen MR) is 90.3 cm³/mol. The summed E-state index contributed by atoms with van der Waals surface area (Å²) in [7, 11) is 0. The van der Waals surface area contributed by atoms with Crippen LogP contribution in [0, 0.1) is 5.82 Å². The minimum atomic E-state index is -0.368. The lowest BCUT2D eigenvalue weighted by atomic mass is 10.1. The lowest BCUT2D eigenvalue weighted by Crippen LogP contribution is -2.38. The molecule has 2 aromatic carbocycles. The minimum absolute atomic E-state index is 0.0129. The summed E-state index contributed by atoms with van der Waals surface area (Å²) in [4.78, 5) is 15.7. The van der Waals surface area contributed by atoms with Crippen molar-refractivity contribution in [1.29, 1.82) is 0 Å². The van der Waals surface area contributed by atoms with Crippen molar-refractivity contribution in [2.75, 3.05) is 4.90 Å². The summed E-state index contributed by atoms with van der Waals surface area (Å²) in [5.41, 5.74) is 2.62. The maximum Gasteiger partial charge on any atom is 0.250 e. The van der Waals surface area contributed by atoms with Crippen LogP contribution < -0.4 is 4.90 Å². The second kappa shape index (κ2) is 6.08. The van der Waals surface area contributed by atoms with Gasteiger partial charge in [-0.3, -0.25) is 4.79 Å². The van der Waals surface area contributed by atoms with Gasteiger partial charge in [-0.1, -0.05) is 30.3 Å². The maximum atomic E-state index is 13.3. The Balaban J connectivity index is 1.54. The van der Waals surface area contributed by atoms with Gasteiger partial charge < -0.3 is 4.90 Å². The average Bonchev–Trinajstić information content (AvgIpc) is 3.18. The highest BCUT2D eigenvalue weighted by Crippen LogP contribution is 2.31. The van der Waals surface area contributed by atoms with E-state index in [4.69, 9.17) is 0 Å². The van der Waals surface area contributed by atoms with E-state index in [0.29, 0.717) is 11.4 Å². The molecule has 0 saturated carbocycles. The molecule has 0 unspecified atom stereocenters. The number of para-hydroxylation sites is 1. The first kappa shape index (κ1) is 15.4. The molecule has 0 saturated heterocycles. The monoisotopic (exact) mass is 337 g/mol. The molecule has 1 amide bonds. The van der Waals surface area contributed by atoms with Crippen molar-refractivity contribution in [2.24, 2.45) is 0 Å². The molecule has 1 aromatic heterocycles. The van der Waals surface area contributed by atoms with Crippen LogP contribution >= 0.6 is 0 Å². The van der Waals surface area contributed by atoms with Crippen LogP contribution in [0.4, 0.5) is 10.1 Å². The molecule has 3 aromatic rings. The summed E-state index contributed by atoms with van der Waals surface area (Å²) in [5.74, 6) is -0.171. The lowest BCUT2D eigenvalue weighted by Gasteiger charge is -2.22. The third-order valence-electron chi connectivity index (χ3n) is 4.29. The zero-order chi connectivity index (χ0) is 17.4. The van der Waals surface area contributed by atoms with Crippen LogP contribution in [0.15, 0.2) is 48.5 Å². The van der Waals surface area contributed by atoms with E-state index in [-0.39, 0.29) is 24.3 Å². The van der Waals surface area contributed by atoms with E-state index in [1.807, 2.05) is 31.2 Å². The van der Waals surface area contributed by atoms with Crippen molar-refractivity contribution in [3.8, 4) is 11.4 Å². The van der Waals surface area contributed by atoms with E-state index in [0.717, 1.165) is 17.7 Å². The summed E-state index contributed by atoms with van der Waals surface area (Å²) in [6.07, 6.45) is 0.835. The van der Waals surface area contributed by atoms with Gasteiger partial charge in [-0.05, 0) is 42.3 Å². The molecule has 0 bridgehead atoms. The molecule has 7 heteroatoms. The van der Waals surface area contributed by atoms with E-state index in [9.17, 15) is 9.18 Å². The number of rotatable bonds is 3. The zero-order valence-corrected chi connectivity index (χ0v) is 13.6. The van der Waals surface area contributed by atoms with Gasteiger partial charge in [-0.25, -0.2) is 4.39 Å². The Hall–Kier alpha value is -3.09. The normalized spacial score (nSPS) is 16.1. The molecule has 1 aliphatic rings. The van der Waals surface area contributed by atoms with Gasteiger partial charge in [-0.2, -0.15) is 4.80 Å². The van der Waals surface area contributed by atoms with Crippen molar-refractivity contribution in [3.05, 3.63) is 59.9 Å². The van der Waals surface area contributed by atoms with Crippen LogP contribution in [-0.4, -0.2) is 32.2 Å². The molecular weight excluding hydrogens is 321 g/mol. The molecule has 0 radical (unpaired) electrons. The number of carbonyl (C=O) groups excluding carboxylic acids is 1. The molecule has 25 heavy (non-hydrogen) atoms. The van der Waals surface area contributed by atoms with E-state index in [1.54, 1.807) is 17.0 Å². The highest BCUT2D eigenvalue weighted by atomic mass is 19.1. The van der Waals surface area contributed by atoms with Gasteiger partial charge in [0, 0.05) is 17.3 Å². The number of fused-ring (bicyclic) bond motifs is 1. The zero-order valence-electron chi connectivity index (χ0n) is 13.6.